The van der Waals surface area contributed by atoms with Gasteiger partial charge in [-0.2, -0.15) is 0 Å². The first-order valence-corrected chi connectivity index (χ1v) is 11.3. The number of amides is 2. The number of piperidine rings is 1. The molecule has 2 unspecified atom stereocenters. The van der Waals surface area contributed by atoms with E-state index in [0.717, 1.165) is 24.0 Å². The molecule has 7 heteroatoms. The minimum atomic E-state index is -0.665. The second-order valence-corrected chi connectivity index (χ2v) is 8.32. The zero-order valence-electron chi connectivity index (χ0n) is 18.2. The fourth-order valence-electron chi connectivity index (χ4n) is 4.56. The van der Waals surface area contributed by atoms with E-state index in [0.29, 0.717) is 45.8 Å². The molecule has 2 aliphatic heterocycles. The highest BCUT2D eigenvalue weighted by atomic mass is 19.1. The SMILES string of the molecule is O=C(NCC(c1cccc(F)c1)N1CCOCC1)C(c1ccccc1)N1CCCCC1=O. The smallest absolute Gasteiger partial charge is 0.247 e. The molecule has 2 heterocycles. The number of nitrogens with one attached hydrogen (secondary N) is 1. The number of carbonyl (C=O) groups excluding carboxylic acids is 2. The first kappa shape index (κ1) is 22.4. The minimum Gasteiger partial charge on any atom is -0.379 e. The van der Waals surface area contributed by atoms with Gasteiger partial charge in [0.1, 0.15) is 11.9 Å². The predicted molar refractivity (Wildman–Crippen MR) is 119 cm³/mol. The van der Waals surface area contributed by atoms with Crippen LogP contribution in [0.4, 0.5) is 4.39 Å². The summed E-state index contributed by atoms with van der Waals surface area (Å²) in [4.78, 5) is 30.0. The molecule has 2 amide bonds. The molecule has 2 aromatic rings. The van der Waals surface area contributed by atoms with Crippen molar-refractivity contribution in [2.75, 3.05) is 39.4 Å². The first-order chi connectivity index (χ1) is 15.6. The zero-order valence-corrected chi connectivity index (χ0v) is 18.2. The molecule has 2 atom stereocenters. The first-order valence-electron chi connectivity index (χ1n) is 11.3. The average molecular weight is 440 g/mol. The fraction of sp³-hybridized carbons (Fsp3) is 0.440. The van der Waals surface area contributed by atoms with E-state index >= 15 is 0 Å². The predicted octanol–water partition coefficient (Wildman–Crippen LogP) is 3.07. The number of hydrogen-bond donors (Lipinski definition) is 1. The molecular weight excluding hydrogens is 409 g/mol. The third-order valence-electron chi connectivity index (χ3n) is 6.22. The number of hydrogen-bond acceptors (Lipinski definition) is 4. The molecule has 0 radical (unpaired) electrons. The van der Waals surface area contributed by atoms with Gasteiger partial charge in [-0.05, 0) is 36.1 Å². The van der Waals surface area contributed by atoms with E-state index in [2.05, 4.69) is 10.2 Å². The molecule has 6 nitrogen and oxygen atoms in total. The van der Waals surface area contributed by atoms with E-state index < -0.39 is 6.04 Å². The quantitative estimate of drug-likeness (QED) is 0.720. The van der Waals surface area contributed by atoms with Gasteiger partial charge in [-0.1, -0.05) is 42.5 Å². The van der Waals surface area contributed by atoms with Gasteiger partial charge < -0.3 is 15.0 Å². The van der Waals surface area contributed by atoms with Crippen molar-refractivity contribution in [2.24, 2.45) is 0 Å². The van der Waals surface area contributed by atoms with Gasteiger partial charge in [0.15, 0.2) is 0 Å². The number of halogens is 1. The Morgan fingerprint density at radius 2 is 1.75 bits per heavy atom. The number of carbonyl (C=O) groups is 2. The number of morpholine rings is 1. The summed E-state index contributed by atoms with van der Waals surface area (Å²) in [5.74, 6) is -0.496. The lowest BCUT2D eigenvalue weighted by Crippen LogP contribution is -2.48. The van der Waals surface area contributed by atoms with Crippen LogP contribution in [-0.4, -0.2) is 61.0 Å². The van der Waals surface area contributed by atoms with Crippen molar-refractivity contribution in [3.63, 3.8) is 0 Å². The van der Waals surface area contributed by atoms with Crippen molar-refractivity contribution < 1.29 is 18.7 Å². The Balaban J connectivity index is 1.55. The van der Waals surface area contributed by atoms with Gasteiger partial charge in [0.2, 0.25) is 11.8 Å². The number of ether oxygens (including phenoxy) is 1. The number of benzene rings is 2. The maximum atomic E-state index is 14.0. The molecule has 0 spiro atoms. The average Bonchev–Trinajstić information content (AvgIpc) is 2.82. The van der Waals surface area contributed by atoms with Gasteiger partial charge in [-0.15, -0.1) is 0 Å². The van der Waals surface area contributed by atoms with Crippen LogP contribution in [0.5, 0.6) is 0 Å². The van der Waals surface area contributed by atoms with Crippen molar-refractivity contribution in [2.45, 2.75) is 31.3 Å². The van der Waals surface area contributed by atoms with Gasteiger partial charge in [0.05, 0.1) is 19.3 Å². The van der Waals surface area contributed by atoms with E-state index in [-0.39, 0.29) is 23.7 Å². The Bertz CT molecular complexity index is 918. The van der Waals surface area contributed by atoms with Crippen LogP contribution < -0.4 is 5.32 Å². The molecule has 0 aliphatic carbocycles. The molecule has 170 valence electrons. The van der Waals surface area contributed by atoms with Gasteiger partial charge in [0, 0.05) is 32.6 Å². The summed E-state index contributed by atoms with van der Waals surface area (Å²) in [5, 5.41) is 3.08. The molecule has 0 saturated carbocycles. The second-order valence-electron chi connectivity index (χ2n) is 8.32. The minimum absolute atomic E-state index is 0.00936. The maximum absolute atomic E-state index is 14.0. The molecule has 2 aliphatic rings. The lowest BCUT2D eigenvalue weighted by Gasteiger charge is -2.37. The van der Waals surface area contributed by atoms with Gasteiger partial charge in [0.25, 0.3) is 0 Å². The highest BCUT2D eigenvalue weighted by Crippen LogP contribution is 2.27. The summed E-state index contributed by atoms with van der Waals surface area (Å²) in [6.07, 6.45) is 2.22. The molecule has 2 aromatic carbocycles. The van der Waals surface area contributed by atoms with Crippen LogP contribution in [0.3, 0.4) is 0 Å². The van der Waals surface area contributed by atoms with E-state index in [9.17, 15) is 14.0 Å². The van der Waals surface area contributed by atoms with Crippen LogP contribution in [0.1, 0.15) is 42.5 Å². The van der Waals surface area contributed by atoms with Crippen LogP contribution in [0.2, 0.25) is 0 Å². The Morgan fingerprint density at radius 3 is 2.47 bits per heavy atom. The molecule has 32 heavy (non-hydrogen) atoms. The fourth-order valence-corrected chi connectivity index (χ4v) is 4.56. The van der Waals surface area contributed by atoms with E-state index in [1.807, 2.05) is 36.4 Å². The lowest BCUT2D eigenvalue weighted by atomic mass is 9.99. The van der Waals surface area contributed by atoms with E-state index in [4.69, 9.17) is 4.74 Å². The summed E-state index contributed by atoms with van der Waals surface area (Å²) < 4.78 is 19.4. The standard InChI is InChI=1S/C25H30FN3O3/c26-21-10-6-9-20(17-21)22(28-13-15-32-16-14-28)18-27-25(31)24(19-7-2-1-3-8-19)29-12-5-4-11-23(29)30/h1-3,6-10,17,22,24H,4-5,11-16,18H2,(H,27,31). The van der Waals surface area contributed by atoms with Crippen LogP contribution in [0, 0.1) is 5.82 Å². The molecular formula is C25H30FN3O3. The summed E-state index contributed by atoms with van der Waals surface area (Å²) in [6, 6.07) is 15.1. The molecule has 1 N–H and O–H groups in total. The summed E-state index contributed by atoms with van der Waals surface area (Å²) >= 11 is 0. The molecule has 0 bridgehead atoms. The van der Waals surface area contributed by atoms with E-state index in [1.54, 1.807) is 11.0 Å². The highest BCUT2D eigenvalue weighted by molar-refractivity contribution is 5.89. The largest absolute Gasteiger partial charge is 0.379 e. The Labute approximate surface area is 188 Å². The zero-order chi connectivity index (χ0) is 22.3. The van der Waals surface area contributed by atoms with Gasteiger partial charge >= 0.3 is 0 Å². The Morgan fingerprint density at radius 1 is 1.00 bits per heavy atom. The second kappa shape index (κ2) is 10.7. The lowest BCUT2D eigenvalue weighted by molar-refractivity contribution is -0.142. The van der Waals surface area contributed by atoms with Crippen molar-refractivity contribution in [1.82, 2.24) is 15.1 Å². The van der Waals surface area contributed by atoms with E-state index in [1.165, 1.54) is 12.1 Å². The number of nitrogens with zero attached hydrogens (tertiary/aromatic N) is 2. The third kappa shape index (κ3) is 5.34. The monoisotopic (exact) mass is 439 g/mol. The van der Waals surface area contributed by atoms with Crippen LogP contribution in [0.15, 0.2) is 54.6 Å². The van der Waals surface area contributed by atoms with Crippen molar-refractivity contribution in [3.05, 3.63) is 71.5 Å². The van der Waals surface area contributed by atoms with Crippen LogP contribution in [-0.2, 0) is 14.3 Å². The topological polar surface area (TPSA) is 61.9 Å². The molecule has 2 fully saturated rings. The van der Waals surface area contributed by atoms with Crippen molar-refractivity contribution >= 4 is 11.8 Å². The van der Waals surface area contributed by atoms with Crippen LogP contribution >= 0.6 is 0 Å². The van der Waals surface area contributed by atoms with Crippen LogP contribution in [0.25, 0.3) is 0 Å². The summed E-state index contributed by atoms with van der Waals surface area (Å²) in [6.45, 7) is 3.53. The Hall–Kier alpha value is -2.77. The van der Waals surface area contributed by atoms with Gasteiger partial charge in [-0.25, -0.2) is 4.39 Å². The third-order valence-corrected chi connectivity index (χ3v) is 6.22. The number of likely N-dealkylation sites (tertiary alicyclic amines) is 1. The molecule has 0 aromatic heterocycles. The maximum Gasteiger partial charge on any atom is 0.247 e. The summed E-state index contributed by atoms with van der Waals surface area (Å²) in [7, 11) is 0. The van der Waals surface area contributed by atoms with Crippen molar-refractivity contribution in [1.29, 1.82) is 0 Å². The highest BCUT2D eigenvalue weighted by Gasteiger charge is 2.33. The Kier molecular flexibility index (Phi) is 7.50. The molecule has 2 saturated heterocycles. The normalized spacial score (nSPS) is 19.4. The number of rotatable bonds is 7. The van der Waals surface area contributed by atoms with Gasteiger partial charge in [-0.3, -0.25) is 14.5 Å². The molecule has 4 rings (SSSR count). The summed E-state index contributed by atoms with van der Waals surface area (Å²) in [5.41, 5.74) is 1.62. The van der Waals surface area contributed by atoms with Crippen molar-refractivity contribution in [3.8, 4) is 0 Å².